The molecule has 0 bridgehead atoms. The zero-order chi connectivity index (χ0) is 12.5. The van der Waals surface area contributed by atoms with Crippen LogP contribution in [0.3, 0.4) is 0 Å². The molecule has 0 aliphatic carbocycles. The van der Waals surface area contributed by atoms with Crippen LogP contribution in [0.25, 0.3) is 0 Å². The maximum Gasteiger partial charge on any atom is 0.160 e. The molecule has 0 unspecified atom stereocenters. The largest absolute Gasteiger partial charge is 0.237 e. The summed E-state index contributed by atoms with van der Waals surface area (Å²) in [5.74, 6) is 2.40. The van der Waals surface area contributed by atoms with E-state index in [0.29, 0.717) is 0 Å². The Morgan fingerprint density at radius 3 is 1.72 bits per heavy atom. The number of hydrogen-bond donors (Lipinski definition) is 0. The van der Waals surface area contributed by atoms with Crippen LogP contribution in [0.1, 0.15) is 12.8 Å². The van der Waals surface area contributed by atoms with Gasteiger partial charge in [-0.2, -0.15) is 0 Å². The molecule has 98 valence electrons. The molecule has 0 radical (unpaired) electrons. The van der Waals surface area contributed by atoms with Crippen molar-refractivity contribution < 1.29 is 0 Å². The van der Waals surface area contributed by atoms with Gasteiger partial charge in [0.25, 0.3) is 0 Å². The van der Waals surface area contributed by atoms with Crippen LogP contribution in [0.4, 0.5) is 0 Å². The van der Waals surface area contributed by atoms with E-state index in [2.05, 4.69) is 9.97 Å². The minimum absolute atomic E-state index is 1.16. The molecule has 0 amide bonds. The Morgan fingerprint density at radius 2 is 1.33 bits per heavy atom. The predicted molar refractivity (Wildman–Crippen MR) is 90.1 cm³/mol. The summed E-state index contributed by atoms with van der Waals surface area (Å²) in [5, 5.41) is 4.05. The van der Waals surface area contributed by atoms with Crippen LogP contribution in [0.15, 0.2) is 31.8 Å². The second-order valence-corrected chi connectivity index (χ2v) is 10.2. The first-order valence-corrected chi connectivity index (χ1v) is 11.7. The second-order valence-electron chi connectivity index (χ2n) is 3.11. The van der Waals surface area contributed by atoms with Crippen molar-refractivity contribution in [1.29, 1.82) is 0 Å². The third-order valence-corrected chi connectivity index (χ3v) is 8.92. The van der Waals surface area contributed by atoms with Crippen molar-refractivity contribution in [2.24, 2.45) is 0 Å². The highest BCUT2D eigenvalue weighted by Gasteiger charge is 1.99. The zero-order valence-corrected chi connectivity index (χ0v) is 14.4. The van der Waals surface area contributed by atoms with Gasteiger partial charge in [0.1, 0.15) is 0 Å². The first-order valence-electron chi connectivity index (χ1n) is 5.33. The fourth-order valence-electron chi connectivity index (χ4n) is 1.01. The summed E-state index contributed by atoms with van der Waals surface area (Å²) in [6, 6.07) is 0. The topological polar surface area (TPSA) is 25.8 Å². The molecule has 0 saturated heterocycles. The number of aromatic nitrogens is 2. The minimum Gasteiger partial charge on any atom is -0.237 e. The molecule has 0 aromatic carbocycles. The lowest BCUT2D eigenvalue weighted by molar-refractivity contribution is 0.911. The monoisotopic (exact) mass is 352 g/mol. The van der Waals surface area contributed by atoms with Crippen LogP contribution in [0.5, 0.6) is 0 Å². The molecule has 2 heterocycles. The number of hydrogen-bond acceptors (Lipinski definition) is 8. The van der Waals surface area contributed by atoms with Gasteiger partial charge in [0, 0.05) is 34.7 Å². The van der Waals surface area contributed by atoms with Crippen molar-refractivity contribution in [1.82, 2.24) is 9.97 Å². The van der Waals surface area contributed by atoms with Gasteiger partial charge in [0.05, 0.1) is 0 Å². The van der Waals surface area contributed by atoms with E-state index in [0.717, 1.165) is 8.68 Å². The molecular formula is C10H12N2S6. The Kier molecular flexibility index (Phi) is 7.98. The normalized spacial score (nSPS) is 10.9. The van der Waals surface area contributed by atoms with Gasteiger partial charge in [-0.1, -0.05) is 21.6 Å². The van der Waals surface area contributed by atoms with E-state index >= 15 is 0 Å². The van der Waals surface area contributed by atoms with E-state index in [4.69, 9.17) is 0 Å². The first kappa shape index (κ1) is 15.1. The minimum atomic E-state index is 1.16. The molecule has 0 spiro atoms. The van der Waals surface area contributed by atoms with Crippen molar-refractivity contribution in [3.8, 4) is 0 Å². The van der Waals surface area contributed by atoms with Crippen molar-refractivity contribution in [2.75, 3.05) is 11.5 Å². The van der Waals surface area contributed by atoms with Gasteiger partial charge in [-0.3, -0.25) is 0 Å². The fraction of sp³-hybridized carbons (Fsp3) is 0.400. The lowest BCUT2D eigenvalue weighted by atomic mass is 10.4. The van der Waals surface area contributed by atoms with Gasteiger partial charge in [0.15, 0.2) is 8.68 Å². The number of unbranched alkanes of at least 4 members (excludes halogenated alkanes) is 1. The van der Waals surface area contributed by atoms with E-state index in [9.17, 15) is 0 Å². The fourth-order valence-corrected chi connectivity index (χ4v) is 7.24. The van der Waals surface area contributed by atoms with Crippen LogP contribution in [-0.2, 0) is 0 Å². The highest BCUT2D eigenvalue weighted by Crippen LogP contribution is 2.34. The lowest BCUT2D eigenvalue weighted by Gasteiger charge is -1.99. The van der Waals surface area contributed by atoms with Crippen LogP contribution in [0.2, 0.25) is 0 Å². The second kappa shape index (κ2) is 9.55. The summed E-state index contributed by atoms with van der Waals surface area (Å²) in [5.41, 5.74) is 0. The quantitative estimate of drug-likeness (QED) is 0.433. The summed E-state index contributed by atoms with van der Waals surface area (Å²) < 4.78 is 2.32. The predicted octanol–water partition coefficient (Wildman–Crippen LogP) is 5.56. The average Bonchev–Trinajstić information content (AvgIpc) is 3.05. The number of rotatable bonds is 9. The van der Waals surface area contributed by atoms with Crippen molar-refractivity contribution in [3.05, 3.63) is 23.2 Å². The maximum absolute atomic E-state index is 4.24. The highest BCUT2D eigenvalue weighted by atomic mass is 33.1. The molecule has 0 aliphatic heterocycles. The Hall–Kier alpha value is 0.660. The van der Waals surface area contributed by atoms with Crippen molar-refractivity contribution >= 4 is 65.8 Å². The summed E-state index contributed by atoms with van der Waals surface area (Å²) >= 11 is 3.42. The molecule has 8 heteroatoms. The van der Waals surface area contributed by atoms with E-state index in [1.807, 2.05) is 44.7 Å². The van der Waals surface area contributed by atoms with Crippen LogP contribution >= 0.6 is 65.8 Å². The van der Waals surface area contributed by atoms with Crippen LogP contribution < -0.4 is 0 Å². The molecule has 2 aromatic rings. The molecule has 2 rings (SSSR count). The van der Waals surface area contributed by atoms with Crippen LogP contribution in [0, 0.1) is 0 Å². The van der Waals surface area contributed by atoms with Crippen molar-refractivity contribution in [2.45, 2.75) is 21.5 Å². The summed E-state index contributed by atoms with van der Waals surface area (Å²) in [4.78, 5) is 8.48. The molecule has 0 aliphatic rings. The first-order chi connectivity index (χ1) is 8.95. The zero-order valence-electron chi connectivity index (χ0n) is 9.48. The number of nitrogens with zero attached hydrogens (tertiary/aromatic N) is 2. The smallest absolute Gasteiger partial charge is 0.160 e. The molecular weight excluding hydrogens is 341 g/mol. The molecule has 0 N–H and O–H groups in total. The van der Waals surface area contributed by atoms with E-state index in [-0.39, 0.29) is 0 Å². The molecule has 0 saturated carbocycles. The molecule has 18 heavy (non-hydrogen) atoms. The lowest BCUT2D eigenvalue weighted by Crippen LogP contribution is -1.80. The standard InChI is InChI=1S/C10H12N2S6/c1(5-15-17-9-11-3-7-13-9)2-6-16-18-10-12-4-8-14-10/h3-4,7-8H,1-2,5-6H2. The SMILES string of the molecule is c1csc(SSCCCCSSc2nccs2)n1. The third kappa shape index (κ3) is 6.21. The molecule has 0 fully saturated rings. The maximum atomic E-state index is 4.24. The highest BCUT2D eigenvalue weighted by molar-refractivity contribution is 8.77. The Morgan fingerprint density at radius 1 is 0.833 bits per heavy atom. The summed E-state index contributed by atoms with van der Waals surface area (Å²) in [7, 11) is 7.40. The van der Waals surface area contributed by atoms with Gasteiger partial charge in [-0.05, 0) is 34.4 Å². The Bertz CT molecular complexity index is 362. The third-order valence-electron chi connectivity index (χ3n) is 1.79. The molecule has 2 nitrogen and oxygen atoms in total. The van der Waals surface area contributed by atoms with Gasteiger partial charge in [-0.25, -0.2) is 9.97 Å². The summed E-state index contributed by atoms with van der Waals surface area (Å²) in [6.45, 7) is 0. The van der Waals surface area contributed by atoms with E-state index < -0.39 is 0 Å². The molecule has 0 atom stereocenters. The summed E-state index contributed by atoms with van der Waals surface area (Å²) in [6.07, 6.45) is 6.27. The van der Waals surface area contributed by atoms with Gasteiger partial charge >= 0.3 is 0 Å². The number of thiazole rings is 2. The van der Waals surface area contributed by atoms with Crippen molar-refractivity contribution in [3.63, 3.8) is 0 Å². The Labute approximate surface area is 131 Å². The van der Waals surface area contributed by atoms with E-state index in [1.54, 1.807) is 44.3 Å². The molecule has 2 aromatic heterocycles. The van der Waals surface area contributed by atoms with E-state index in [1.165, 1.54) is 24.3 Å². The van der Waals surface area contributed by atoms with Gasteiger partial charge < -0.3 is 0 Å². The van der Waals surface area contributed by atoms with Gasteiger partial charge in [-0.15, -0.1) is 22.7 Å². The average molecular weight is 353 g/mol. The van der Waals surface area contributed by atoms with Crippen LogP contribution in [-0.4, -0.2) is 21.5 Å². The van der Waals surface area contributed by atoms with Gasteiger partial charge in [0.2, 0.25) is 0 Å². The Balaban J connectivity index is 1.40.